The van der Waals surface area contributed by atoms with Crippen molar-refractivity contribution in [3.8, 4) is 11.9 Å². The maximum Gasteiger partial charge on any atom is 0.346 e. The summed E-state index contributed by atoms with van der Waals surface area (Å²) in [5.41, 5.74) is 1.48. The minimum absolute atomic E-state index is 0. The fourth-order valence-electron chi connectivity index (χ4n) is 2.15. The van der Waals surface area contributed by atoms with Gasteiger partial charge in [-0.15, -0.1) is 12.4 Å². The first-order chi connectivity index (χ1) is 8.72. The molecule has 19 heavy (non-hydrogen) atoms. The Morgan fingerprint density at radius 2 is 1.95 bits per heavy atom. The average Bonchev–Trinajstić information content (AvgIpc) is 2.91. The van der Waals surface area contributed by atoms with E-state index in [0.29, 0.717) is 0 Å². The Kier molecular flexibility index (Phi) is 3.19. The van der Waals surface area contributed by atoms with Gasteiger partial charge in [0.1, 0.15) is 0 Å². The number of hydrogen-bond donors (Lipinski definition) is 0. The molecule has 1 aromatic carbocycles. The topological polar surface area (TPSA) is 55.6 Å². The van der Waals surface area contributed by atoms with Gasteiger partial charge in [0.25, 0.3) is 0 Å². The van der Waals surface area contributed by atoms with Crippen molar-refractivity contribution < 1.29 is 0 Å². The van der Waals surface area contributed by atoms with Crippen molar-refractivity contribution in [3.63, 3.8) is 0 Å². The summed E-state index contributed by atoms with van der Waals surface area (Å²) in [5, 5.41) is 9.78. The lowest BCUT2D eigenvalue weighted by Crippen LogP contribution is -2.20. The molecule has 0 spiro atoms. The number of nitriles is 1. The molecule has 0 aliphatic rings. The zero-order chi connectivity index (χ0) is 12.7. The molecule has 3 aromatic rings. The molecule has 0 fully saturated rings. The van der Waals surface area contributed by atoms with E-state index in [-0.39, 0.29) is 18.1 Å². The second kappa shape index (κ2) is 4.67. The van der Waals surface area contributed by atoms with Crippen LogP contribution in [0.1, 0.15) is 0 Å². The summed E-state index contributed by atoms with van der Waals surface area (Å²) >= 11 is 0. The van der Waals surface area contributed by atoms with E-state index in [0.717, 1.165) is 21.2 Å². The highest BCUT2D eigenvalue weighted by molar-refractivity contribution is 5.88. The predicted octanol–water partition coefficient (Wildman–Crippen LogP) is 1.88. The summed E-state index contributed by atoms with van der Waals surface area (Å²) in [4.78, 5) is 11.9. The summed E-state index contributed by atoms with van der Waals surface area (Å²) < 4.78 is 4.44. The minimum atomic E-state index is -0.353. The number of imidazole rings is 1. The summed E-state index contributed by atoms with van der Waals surface area (Å²) in [5.74, 6) is 0. The molecule has 3 rings (SSSR count). The van der Waals surface area contributed by atoms with Crippen LogP contribution in [0.4, 0.5) is 0 Å². The molecule has 5 nitrogen and oxygen atoms in total. The number of rotatable bonds is 1. The lowest BCUT2D eigenvalue weighted by molar-refractivity contribution is 0.906. The lowest BCUT2D eigenvalue weighted by atomic mass is 10.2. The zero-order valence-electron chi connectivity index (χ0n) is 10.1. The Labute approximate surface area is 115 Å². The lowest BCUT2D eigenvalue weighted by Gasteiger charge is -1.97. The minimum Gasteiger partial charge on any atom is -0.348 e. The number of nitrogens with zero attached hydrogens (tertiary/aromatic N) is 4. The van der Waals surface area contributed by atoms with Gasteiger partial charge in [-0.2, -0.15) is 5.26 Å². The molecule has 0 radical (unpaired) electrons. The van der Waals surface area contributed by atoms with E-state index >= 15 is 0 Å². The Hall–Kier alpha value is -2.45. The monoisotopic (exact) mass is 274 g/mol. The second-order valence-corrected chi connectivity index (χ2v) is 4.06. The van der Waals surface area contributed by atoms with Gasteiger partial charge in [-0.1, -0.05) is 18.2 Å². The van der Waals surface area contributed by atoms with Crippen molar-refractivity contribution in [3.05, 3.63) is 53.3 Å². The van der Waals surface area contributed by atoms with Crippen molar-refractivity contribution in [1.29, 1.82) is 5.26 Å². The number of fused-ring (bicyclic) bond motifs is 1. The first-order valence-electron chi connectivity index (χ1n) is 5.47. The van der Waals surface area contributed by atoms with Crippen molar-refractivity contribution >= 4 is 23.3 Å². The van der Waals surface area contributed by atoms with Crippen molar-refractivity contribution in [2.24, 2.45) is 7.05 Å². The first-order valence-corrected chi connectivity index (χ1v) is 5.47. The maximum absolute atomic E-state index is 11.9. The van der Waals surface area contributed by atoms with Crippen LogP contribution >= 0.6 is 12.4 Å². The Morgan fingerprint density at radius 3 is 2.63 bits per heavy atom. The SMILES string of the molecule is Cl.Cn1cc(-n2ccn(C#N)c2=O)c2ccccc21. The number of hydrogen-bond acceptors (Lipinski definition) is 2. The highest BCUT2D eigenvalue weighted by atomic mass is 35.5. The third-order valence-electron chi connectivity index (χ3n) is 3.02. The second-order valence-electron chi connectivity index (χ2n) is 4.06. The average molecular weight is 275 g/mol. The van der Waals surface area contributed by atoms with E-state index in [1.165, 1.54) is 10.8 Å². The zero-order valence-corrected chi connectivity index (χ0v) is 11.0. The fourth-order valence-corrected chi connectivity index (χ4v) is 2.15. The van der Waals surface area contributed by atoms with E-state index in [1.54, 1.807) is 6.20 Å². The number of benzene rings is 1. The Balaban J connectivity index is 0.00000133. The van der Waals surface area contributed by atoms with Crippen LogP contribution in [-0.4, -0.2) is 13.7 Å². The molecule has 0 saturated carbocycles. The largest absolute Gasteiger partial charge is 0.348 e. The number of halogens is 1. The van der Waals surface area contributed by atoms with Gasteiger partial charge in [-0.25, -0.2) is 9.36 Å². The maximum atomic E-state index is 11.9. The highest BCUT2D eigenvalue weighted by Crippen LogP contribution is 2.22. The van der Waals surface area contributed by atoms with Crippen molar-refractivity contribution in [2.45, 2.75) is 0 Å². The molecule has 0 amide bonds. The summed E-state index contributed by atoms with van der Waals surface area (Å²) in [6.45, 7) is 0. The van der Waals surface area contributed by atoms with Crippen LogP contribution in [0.2, 0.25) is 0 Å². The van der Waals surface area contributed by atoms with Crippen LogP contribution in [0.15, 0.2) is 47.7 Å². The van der Waals surface area contributed by atoms with Gasteiger partial charge in [0, 0.05) is 36.5 Å². The molecule has 0 aliphatic heterocycles. The van der Waals surface area contributed by atoms with E-state index in [1.807, 2.05) is 48.3 Å². The van der Waals surface area contributed by atoms with E-state index in [2.05, 4.69) is 0 Å². The molecule has 2 aromatic heterocycles. The molecular weight excluding hydrogens is 264 g/mol. The van der Waals surface area contributed by atoms with Crippen LogP contribution in [0.3, 0.4) is 0 Å². The molecule has 0 N–H and O–H groups in total. The third kappa shape index (κ3) is 1.83. The molecule has 0 bridgehead atoms. The van der Waals surface area contributed by atoms with Crippen LogP contribution in [0.5, 0.6) is 0 Å². The molecular formula is C13H11ClN4O. The molecule has 0 aliphatic carbocycles. The molecule has 0 saturated heterocycles. The van der Waals surface area contributed by atoms with Crippen LogP contribution in [-0.2, 0) is 7.05 Å². The van der Waals surface area contributed by atoms with Gasteiger partial charge in [0.2, 0.25) is 0 Å². The van der Waals surface area contributed by atoms with Gasteiger partial charge >= 0.3 is 5.69 Å². The van der Waals surface area contributed by atoms with E-state index in [4.69, 9.17) is 5.26 Å². The van der Waals surface area contributed by atoms with Gasteiger partial charge in [-0.05, 0) is 6.07 Å². The smallest absolute Gasteiger partial charge is 0.346 e. The van der Waals surface area contributed by atoms with Crippen LogP contribution < -0.4 is 5.69 Å². The Morgan fingerprint density at radius 1 is 1.21 bits per heavy atom. The predicted molar refractivity (Wildman–Crippen MR) is 74.8 cm³/mol. The molecule has 0 atom stereocenters. The van der Waals surface area contributed by atoms with Gasteiger partial charge in [-0.3, -0.25) is 4.57 Å². The number of aryl methyl sites for hydroxylation is 1. The van der Waals surface area contributed by atoms with Crippen molar-refractivity contribution in [2.75, 3.05) is 0 Å². The van der Waals surface area contributed by atoms with E-state index < -0.39 is 0 Å². The molecule has 2 heterocycles. The molecule has 6 heteroatoms. The first kappa shape index (κ1) is 13.0. The number of aromatic nitrogens is 3. The standard InChI is InChI=1S/C13H10N4O.ClH/c1-15-8-12(10-4-2-3-5-11(10)15)17-7-6-16(9-14)13(17)18;/h2-8H,1H3;1H. The summed E-state index contributed by atoms with van der Waals surface area (Å²) in [6, 6.07) is 7.83. The quantitative estimate of drug-likeness (QED) is 0.680. The molecule has 96 valence electrons. The van der Waals surface area contributed by atoms with Crippen LogP contribution in [0, 0.1) is 11.5 Å². The fraction of sp³-hybridized carbons (Fsp3) is 0.0769. The van der Waals surface area contributed by atoms with Gasteiger partial charge in [0.05, 0.1) is 5.69 Å². The normalized spacial score (nSPS) is 10.1. The summed E-state index contributed by atoms with van der Waals surface area (Å²) in [6.07, 6.45) is 6.77. The number of para-hydroxylation sites is 1. The van der Waals surface area contributed by atoms with Crippen LogP contribution in [0.25, 0.3) is 16.6 Å². The molecule has 0 unspecified atom stereocenters. The van der Waals surface area contributed by atoms with Crippen molar-refractivity contribution in [1.82, 2.24) is 13.7 Å². The van der Waals surface area contributed by atoms with Gasteiger partial charge in [0.15, 0.2) is 6.19 Å². The Bertz CT molecular complexity index is 834. The third-order valence-corrected chi connectivity index (χ3v) is 3.02. The van der Waals surface area contributed by atoms with Gasteiger partial charge < -0.3 is 4.57 Å². The highest BCUT2D eigenvalue weighted by Gasteiger charge is 2.11. The van der Waals surface area contributed by atoms with E-state index in [9.17, 15) is 4.79 Å². The summed E-state index contributed by atoms with van der Waals surface area (Å²) in [7, 11) is 1.93.